The molecular formula is C36H36F2N8O2. The van der Waals surface area contributed by atoms with Crippen LogP contribution >= 0.6 is 0 Å². The zero-order valence-electron chi connectivity index (χ0n) is 27.3. The number of aromatic nitrogens is 6. The molecule has 1 fully saturated rings. The van der Waals surface area contributed by atoms with Gasteiger partial charge in [-0.05, 0) is 61.1 Å². The maximum Gasteiger partial charge on any atom is 0.355 e. The van der Waals surface area contributed by atoms with E-state index in [1.54, 1.807) is 27.9 Å². The molecule has 2 aromatic carbocycles. The minimum absolute atomic E-state index is 0.00298. The summed E-state index contributed by atoms with van der Waals surface area (Å²) in [6, 6.07) is 11.2. The molecule has 4 bridgehead atoms. The van der Waals surface area contributed by atoms with E-state index >= 15 is 8.78 Å². The summed E-state index contributed by atoms with van der Waals surface area (Å²) >= 11 is 0. The van der Waals surface area contributed by atoms with Crippen molar-refractivity contribution in [2.75, 3.05) is 18.0 Å². The van der Waals surface area contributed by atoms with Gasteiger partial charge in [-0.25, -0.2) is 23.1 Å². The Kier molecular flexibility index (Phi) is 7.89. The first-order valence-electron chi connectivity index (χ1n) is 16.2. The van der Waals surface area contributed by atoms with Gasteiger partial charge in [0.1, 0.15) is 23.1 Å². The summed E-state index contributed by atoms with van der Waals surface area (Å²) in [5, 5.41) is 8.92. The van der Waals surface area contributed by atoms with E-state index in [1.807, 2.05) is 50.8 Å². The highest BCUT2D eigenvalue weighted by atomic mass is 19.1. The van der Waals surface area contributed by atoms with Crippen LogP contribution in [0.3, 0.4) is 0 Å². The van der Waals surface area contributed by atoms with Crippen LogP contribution in [0, 0.1) is 11.6 Å². The van der Waals surface area contributed by atoms with Gasteiger partial charge in [0.05, 0.1) is 16.8 Å². The molecule has 5 aromatic rings. The lowest BCUT2D eigenvalue weighted by atomic mass is 9.95. The average Bonchev–Trinajstić information content (AvgIpc) is 3.51. The van der Waals surface area contributed by atoms with Crippen molar-refractivity contribution in [2.45, 2.75) is 65.1 Å². The summed E-state index contributed by atoms with van der Waals surface area (Å²) in [6.07, 6.45) is 3.81. The lowest BCUT2D eigenvalue weighted by Gasteiger charge is -2.44. The van der Waals surface area contributed by atoms with Crippen LogP contribution in [-0.2, 0) is 24.2 Å². The van der Waals surface area contributed by atoms with Crippen LogP contribution in [0.2, 0.25) is 0 Å². The molecule has 246 valence electrons. The summed E-state index contributed by atoms with van der Waals surface area (Å²) in [6.45, 7) is 12.7. The first-order valence-corrected chi connectivity index (χ1v) is 16.2. The Morgan fingerprint density at radius 2 is 1.79 bits per heavy atom. The highest BCUT2D eigenvalue weighted by molar-refractivity contribution is 5.91. The molecule has 1 amide bonds. The molecule has 7 rings (SSSR count). The van der Waals surface area contributed by atoms with Crippen molar-refractivity contribution < 1.29 is 13.6 Å². The number of amides is 1. The second-order valence-electron chi connectivity index (χ2n) is 13.0. The Hall–Kier alpha value is -5.26. The van der Waals surface area contributed by atoms with Crippen molar-refractivity contribution in [3.05, 3.63) is 106 Å². The number of carbonyl (C=O) groups is 1. The lowest BCUT2D eigenvalue weighted by Crippen LogP contribution is -2.58. The van der Waals surface area contributed by atoms with Crippen molar-refractivity contribution in [2.24, 2.45) is 0 Å². The molecule has 2 atom stereocenters. The molecule has 0 saturated carbocycles. The van der Waals surface area contributed by atoms with Gasteiger partial charge in [-0.1, -0.05) is 56.0 Å². The molecule has 10 nitrogen and oxygen atoms in total. The fraction of sp³-hybridized carbons (Fsp3) is 0.333. The van der Waals surface area contributed by atoms with Crippen LogP contribution in [0.25, 0.3) is 28.0 Å². The highest BCUT2D eigenvalue weighted by Crippen LogP contribution is 2.36. The number of nitrogens with zero attached hydrogens (tertiary/aromatic N) is 8. The summed E-state index contributed by atoms with van der Waals surface area (Å²) < 4.78 is 35.5. The minimum atomic E-state index is -0.753. The molecule has 0 radical (unpaired) electrons. The van der Waals surface area contributed by atoms with Crippen LogP contribution in [0.5, 0.6) is 0 Å². The van der Waals surface area contributed by atoms with Crippen molar-refractivity contribution >= 4 is 22.8 Å². The fourth-order valence-electron chi connectivity index (χ4n) is 7.04. The summed E-state index contributed by atoms with van der Waals surface area (Å²) in [5.74, 6) is -1.31. The quantitative estimate of drug-likeness (QED) is 0.248. The molecule has 0 unspecified atom stereocenters. The molecule has 12 heteroatoms. The molecule has 0 N–H and O–H groups in total. The fourth-order valence-corrected chi connectivity index (χ4v) is 7.04. The Morgan fingerprint density at radius 1 is 1.02 bits per heavy atom. The summed E-state index contributed by atoms with van der Waals surface area (Å²) in [7, 11) is 0. The summed E-state index contributed by atoms with van der Waals surface area (Å²) in [5.41, 5.74) is 2.81. The number of para-hydroxylation sites is 1. The number of pyridine rings is 1. The maximum atomic E-state index is 16.5. The Morgan fingerprint density at radius 3 is 2.56 bits per heavy atom. The topological polar surface area (TPSA) is 102 Å². The van der Waals surface area contributed by atoms with Gasteiger partial charge in [-0.3, -0.25) is 9.48 Å². The first-order chi connectivity index (χ1) is 23.0. The molecule has 0 spiro atoms. The Labute approximate surface area is 276 Å². The van der Waals surface area contributed by atoms with E-state index in [-0.39, 0.29) is 53.1 Å². The van der Waals surface area contributed by atoms with Gasteiger partial charge in [0.2, 0.25) is 5.91 Å². The van der Waals surface area contributed by atoms with Crippen LogP contribution in [0.1, 0.15) is 56.0 Å². The molecule has 48 heavy (non-hydrogen) atoms. The zero-order chi connectivity index (χ0) is 33.9. The number of carbonyl (C=O) groups excluding carboxylic acids is 1. The van der Waals surface area contributed by atoms with E-state index in [2.05, 4.69) is 21.9 Å². The number of benzene rings is 2. The Bertz CT molecular complexity index is 2160. The van der Waals surface area contributed by atoms with Gasteiger partial charge in [0.25, 0.3) is 0 Å². The third-order valence-corrected chi connectivity index (χ3v) is 9.42. The van der Waals surface area contributed by atoms with Gasteiger partial charge in [-0.15, -0.1) is 5.10 Å². The second kappa shape index (κ2) is 12.1. The van der Waals surface area contributed by atoms with Gasteiger partial charge >= 0.3 is 5.69 Å². The number of aryl methyl sites for hydroxylation is 2. The van der Waals surface area contributed by atoms with Crippen LogP contribution in [-0.4, -0.2) is 65.5 Å². The SMILES string of the molecule is C=CC(=O)N1C[C@H](C)N(c2nc(=O)n3c4nc(c(F)cc24)-c2c(F)cccc2Cc2cn(nn2)CCc2cccc(C(C)C)c2-3)C[C@H]1C. The largest absolute Gasteiger partial charge is 0.355 e. The standard InChI is InChI=1S/C36H36F2N8O2/c1-6-30(47)44-17-22(5)45(18-21(44)4)34-27-16-29(38)32-31-24(10-8-12-28(31)37)15-25-19-43(42-41-25)14-13-23-9-7-11-26(20(2)3)33(23)46(35(27)39-32)36(48)40-34/h6-12,16,19-22H,1,13-15,17-18H2,2-5H3/t21-,22+/m1/s1. The van der Waals surface area contributed by atoms with E-state index in [0.717, 1.165) is 11.1 Å². The number of rotatable bonds is 3. The van der Waals surface area contributed by atoms with Crippen LogP contribution in [0.4, 0.5) is 14.6 Å². The molecular weight excluding hydrogens is 614 g/mol. The number of hydrogen-bond acceptors (Lipinski definition) is 7. The molecule has 3 aromatic heterocycles. The monoisotopic (exact) mass is 650 g/mol. The number of anilines is 1. The normalized spacial score (nSPS) is 17.7. The van der Waals surface area contributed by atoms with Crippen molar-refractivity contribution in [3.63, 3.8) is 0 Å². The van der Waals surface area contributed by atoms with Crippen molar-refractivity contribution in [1.82, 2.24) is 34.4 Å². The lowest BCUT2D eigenvalue weighted by molar-refractivity contribution is -0.128. The predicted molar refractivity (Wildman–Crippen MR) is 179 cm³/mol. The van der Waals surface area contributed by atoms with Gasteiger partial charge < -0.3 is 9.80 Å². The van der Waals surface area contributed by atoms with Gasteiger partial charge in [0, 0.05) is 49.9 Å². The van der Waals surface area contributed by atoms with Crippen LogP contribution < -0.4 is 10.6 Å². The van der Waals surface area contributed by atoms with E-state index in [4.69, 9.17) is 4.98 Å². The number of piperazine rings is 1. The third-order valence-electron chi connectivity index (χ3n) is 9.42. The number of halogens is 2. The summed E-state index contributed by atoms with van der Waals surface area (Å²) in [4.78, 5) is 40.1. The maximum absolute atomic E-state index is 16.5. The van der Waals surface area contributed by atoms with E-state index in [0.29, 0.717) is 48.4 Å². The first kappa shape index (κ1) is 31.3. The highest BCUT2D eigenvalue weighted by Gasteiger charge is 2.34. The van der Waals surface area contributed by atoms with Crippen LogP contribution in [0.15, 0.2) is 66.1 Å². The minimum Gasteiger partial charge on any atom is -0.349 e. The smallest absolute Gasteiger partial charge is 0.349 e. The van der Waals surface area contributed by atoms with Crippen molar-refractivity contribution in [1.29, 1.82) is 0 Å². The molecule has 0 aliphatic carbocycles. The van der Waals surface area contributed by atoms with E-state index in [1.165, 1.54) is 22.8 Å². The van der Waals surface area contributed by atoms with Gasteiger partial charge in [0.15, 0.2) is 5.65 Å². The third kappa shape index (κ3) is 5.25. The average molecular weight is 651 g/mol. The number of hydrogen-bond donors (Lipinski definition) is 0. The van der Waals surface area contributed by atoms with E-state index in [9.17, 15) is 9.59 Å². The van der Waals surface area contributed by atoms with Gasteiger partial charge in [-0.2, -0.15) is 4.98 Å². The zero-order valence-corrected chi connectivity index (χ0v) is 27.3. The molecule has 1 saturated heterocycles. The number of fused-ring (bicyclic) bond motifs is 7. The molecule has 5 heterocycles. The van der Waals surface area contributed by atoms with Crippen molar-refractivity contribution in [3.8, 4) is 16.9 Å². The molecule has 2 aliphatic heterocycles. The molecule has 2 aliphatic rings. The predicted octanol–water partition coefficient (Wildman–Crippen LogP) is 5.20. The Balaban J connectivity index is 1.56. The second-order valence-corrected chi connectivity index (χ2v) is 13.0. The van der Waals surface area contributed by atoms with E-state index < -0.39 is 17.3 Å².